The minimum absolute atomic E-state index is 0.0186. The van der Waals surface area contributed by atoms with Crippen LogP contribution in [0.15, 0.2) is 53.4 Å². The van der Waals surface area contributed by atoms with Gasteiger partial charge in [-0.1, -0.05) is 53.9 Å². The van der Waals surface area contributed by atoms with Gasteiger partial charge in [0.15, 0.2) is 0 Å². The van der Waals surface area contributed by atoms with E-state index in [1.807, 2.05) is 55.5 Å². The predicted octanol–water partition coefficient (Wildman–Crippen LogP) is 5.32. The number of hydrogen-bond acceptors (Lipinski definition) is 3. The zero-order chi connectivity index (χ0) is 20.5. The quantitative estimate of drug-likeness (QED) is 0.423. The number of benzene rings is 2. The third-order valence-corrected chi connectivity index (χ3v) is 6.24. The largest absolute Gasteiger partial charge is 0.340 e. The first-order chi connectivity index (χ1) is 14.0. The molecule has 1 fully saturated rings. The minimum atomic E-state index is -0.347. The van der Waals surface area contributed by atoms with Gasteiger partial charge in [0.2, 0.25) is 0 Å². The molecule has 144 valence electrons. The van der Waals surface area contributed by atoms with E-state index in [0.29, 0.717) is 16.5 Å². The van der Waals surface area contributed by atoms with Crippen molar-refractivity contribution in [3.05, 3.63) is 75.3 Å². The van der Waals surface area contributed by atoms with Crippen LogP contribution in [0.4, 0.5) is 4.79 Å². The second-order valence-electron chi connectivity index (χ2n) is 6.67. The van der Waals surface area contributed by atoms with Gasteiger partial charge in [-0.15, -0.1) is 6.42 Å². The Morgan fingerprint density at radius 1 is 1.14 bits per heavy atom. The summed E-state index contributed by atoms with van der Waals surface area (Å²) < 4.78 is 2.17. The SMILES string of the molecule is C#CCN1C(=O)S/C(=C/c2c(C)n(Cc3ccccc3Cl)c3ccccc23)C1=O. The van der Waals surface area contributed by atoms with Crippen LogP contribution < -0.4 is 0 Å². The van der Waals surface area contributed by atoms with Crippen LogP contribution in [0.1, 0.15) is 16.8 Å². The third-order valence-electron chi connectivity index (χ3n) is 4.96. The van der Waals surface area contributed by atoms with Crippen LogP contribution in [0, 0.1) is 19.3 Å². The Morgan fingerprint density at radius 2 is 1.86 bits per heavy atom. The first-order valence-corrected chi connectivity index (χ1v) is 10.2. The van der Waals surface area contributed by atoms with Crippen molar-refractivity contribution in [1.29, 1.82) is 0 Å². The Bertz CT molecular complexity index is 1220. The molecule has 0 radical (unpaired) electrons. The molecule has 0 bridgehead atoms. The maximum Gasteiger partial charge on any atom is 0.294 e. The first kappa shape index (κ1) is 19.4. The van der Waals surface area contributed by atoms with Gasteiger partial charge < -0.3 is 4.57 Å². The average Bonchev–Trinajstić information content (AvgIpc) is 3.13. The lowest BCUT2D eigenvalue weighted by atomic mass is 10.1. The van der Waals surface area contributed by atoms with Crippen LogP contribution in [0.25, 0.3) is 17.0 Å². The van der Waals surface area contributed by atoms with Crippen molar-refractivity contribution in [2.45, 2.75) is 13.5 Å². The zero-order valence-electron chi connectivity index (χ0n) is 15.7. The summed E-state index contributed by atoms with van der Waals surface area (Å²) in [6.07, 6.45) is 7.07. The van der Waals surface area contributed by atoms with Gasteiger partial charge in [0.25, 0.3) is 11.1 Å². The molecule has 2 amide bonds. The monoisotopic (exact) mass is 420 g/mol. The molecule has 2 heterocycles. The number of aromatic nitrogens is 1. The summed E-state index contributed by atoms with van der Waals surface area (Å²) in [7, 11) is 0. The smallest absolute Gasteiger partial charge is 0.294 e. The summed E-state index contributed by atoms with van der Waals surface area (Å²) in [5, 5.41) is 1.39. The van der Waals surface area contributed by atoms with Crippen molar-refractivity contribution >= 4 is 51.5 Å². The summed E-state index contributed by atoms with van der Waals surface area (Å²) in [6, 6.07) is 15.7. The van der Waals surface area contributed by atoms with E-state index in [9.17, 15) is 9.59 Å². The van der Waals surface area contributed by atoms with Gasteiger partial charge in [-0.2, -0.15) is 0 Å². The van der Waals surface area contributed by atoms with Crippen molar-refractivity contribution < 1.29 is 9.59 Å². The highest BCUT2D eigenvalue weighted by Crippen LogP contribution is 2.36. The molecule has 0 unspecified atom stereocenters. The van der Waals surface area contributed by atoms with Crippen LogP contribution in [-0.4, -0.2) is 27.2 Å². The molecular weight excluding hydrogens is 404 g/mol. The van der Waals surface area contributed by atoms with E-state index in [1.54, 1.807) is 6.08 Å². The van der Waals surface area contributed by atoms with Crippen molar-refractivity contribution in [2.24, 2.45) is 0 Å². The van der Waals surface area contributed by atoms with Crippen LogP contribution in [-0.2, 0) is 11.3 Å². The summed E-state index contributed by atoms with van der Waals surface area (Å²) in [4.78, 5) is 26.2. The normalized spacial score (nSPS) is 15.5. The molecule has 0 N–H and O–H groups in total. The Kier molecular flexibility index (Phi) is 5.23. The van der Waals surface area contributed by atoms with Crippen LogP contribution >= 0.6 is 23.4 Å². The average molecular weight is 421 g/mol. The summed E-state index contributed by atoms with van der Waals surface area (Å²) >= 11 is 7.29. The molecule has 0 spiro atoms. The number of fused-ring (bicyclic) bond motifs is 1. The molecular formula is C23H17ClN2O2S. The van der Waals surface area contributed by atoms with Crippen LogP contribution in [0.5, 0.6) is 0 Å². The highest BCUT2D eigenvalue weighted by atomic mass is 35.5. The molecule has 0 saturated carbocycles. The number of carbonyl (C=O) groups excluding carboxylic acids is 2. The van der Waals surface area contributed by atoms with E-state index < -0.39 is 0 Å². The highest BCUT2D eigenvalue weighted by Gasteiger charge is 2.34. The Labute approximate surface area is 178 Å². The van der Waals surface area contributed by atoms with Crippen molar-refractivity contribution in [2.75, 3.05) is 6.54 Å². The van der Waals surface area contributed by atoms with E-state index in [2.05, 4.69) is 10.5 Å². The maximum absolute atomic E-state index is 12.6. The second-order valence-corrected chi connectivity index (χ2v) is 8.07. The fourth-order valence-corrected chi connectivity index (χ4v) is 4.51. The lowest BCUT2D eigenvalue weighted by molar-refractivity contribution is -0.122. The standard InChI is InChI=1S/C23H17ClN2O2S/c1-3-12-25-22(27)21(29-23(25)28)13-18-15(2)26(20-11-7-5-9-17(18)20)14-16-8-4-6-10-19(16)24/h1,4-11,13H,12,14H2,2H3/b21-13+. The molecule has 6 heteroatoms. The van der Waals surface area contributed by atoms with E-state index in [4.69, 9.17) is 18.0 Å². The maximum atomic E-state index is 12.6. The Morgan fingerprint density at radius 3 is 2.62 bits per heavy atom. The van der Waals surface area contributed by atoms with Crippen molar-refractivity contribution in [3.8, 4) is 12.3 Å². The van der Waals surface area contributed by atoms with Gasteiger partial charge in [-0.05, 0) is 42.5 Å². The van der Waals surface area contributed by atoms with E-state index in [1.165, 1.54) is 0 Å². The molecule has 3 aromatic rings. The van der Waals surface area contributed by atoms with E-state index in [-0.39, 0.29) is 17.7 Å². The van der Waals surface area contributed by atoms with Gasteiger partial charge in [0.05, 0.1) is 11.4 Å². The van der Waals surface area contributed by atoms with Crippen molar-refractivity contribution in [1.82, 2.24) is 9.47 Å². The molecule has 29 heavy (non-hydrogen) atoms. The number of rotatable bonds is 4. The van der Waals surface area contributed by atoms with Gasteiger partial charge in [-0.25, -0.2) is 0 Å². The minimum Gasteiger partial charge on any atom is -0.340 e. The second kappa shape index (κ2) is 7.82. The molecule has 2 aromatic carbocycles. The lowest BCUT2D eigenvalue weighted by Gasteiger charge is -2.10. The highest BCUT2D eigenvalue weighted by molar-refractivity contribution is 8.18. The molecule has 1 aliphatic heterocycles. The third kappa shape index (κ3) is 3.46. The fourth-order valence-electron chi connectivity index (χ4n) is 3.50. The predicted molar refractivity (Wildman–Crippen MR) is 119 cm³/mol. The van der Waals surface area contributed by atoms with Crippen LogP contribution in [0.3, 0.4) is 0 Å². The van der Waals surface area contributed by atoms with Gasteiger partial charge in [0.1, 0.15) is 0 Å². The summed E-state index contributed by atoms with van der Waals surface area (Å²) in [6.45, 7) is 2.60. The molecule has 4 nitrogen and oxygen atoms in total. The summed E-state index contributed by atoms with van der Waals surface area (Å²) in [5.74, 6) is 2.01. The number of hydrogen-bond donors (Lipinski definition) is 0. The number of terminal acetylenes is 1. The number of imide groups is 1. The molecule has 1 saturated heterocycles. The van der Waals surface area contributed by atoms with E-state index >= 15 is 0 Å². The fraction of sp³-hybridized carbons (Fsp3) is 0.130. The number of amides is 2. The van der Waals surface area contributed by atoms with Crippen LogP contribution in [0.2, 0.25) is 5.02 Å². The van der Waals surface area contributed by atoms with E-state index in [0.717, 1.165) is 44.4 Å². The molecule has 4 rings (SSSR count). The van der Waals surface area contributed by atoms with Gasteiger partial charge in [-0.3, -0.25) is 14.5 Å². The molecule has 0 atom stereocenters. The van der Waals surface area contributed by atoms with Crippen molar-refractivity contribution in [3.63, 3.8) is 0 Å². The molecule has 1 aromatic heterocycles. The molecule has 0 aliphatic carbocycles. The Hall–Kier alpha value is -2.94. The number of thioether (sulfide) groups is 1. The van der Waals surface area contributed by atoms with Gasteiger partial charge in [0, 0.05) is 33.7 Å². The summed E-state index contributed by atoms with van der Waals surface area (Å²) in [5.41, 5.74) is 3.96. The zero-order valence-corrected chi connectivity index (χ0v) is 17.3. The molecule has 1 aliphatic rings. The topological polar surface area (TPSA) is 42.3 Å². The number of carbonyl (C=O) groups is 2. The number of para-hydroxylation sites is 1. The van der Waals surface area contributed by atoms with Gasteiger partial charge >= 0.3 is 0 Å². The Balaban J connectivity index is 1.82. The number of nitrogens with zero attached hydrogens (tertiary/aromatic N) is 2. The number of halogens is 1. The first-order valence-electron chi connectivity index (χ1n) is 9.01. The lowest BCUT2D eigenvalue weighted by Crippen LogP contribution is -2.28.